The van der Waals surface area contributed by atoms with Crippen molar-refractivity contribution in [3.05, 3.63) is 29.6 Å². The van der Waals surface area contributed by atoms with Crippen molar-refractivity contribution in [1.29, 1.82) is 0 Å². The first-order chi connectivity index (χ1) is 6.81. The van der Waals surface area contributed by atoms with Crippen molar-refractivity contribution in [3.8, 4) is 0 Å². The highest BCUT2D eigenvalue weighted by molar-refractivity contribution is 5.78. The number of nitrogens with zero attached hydrogens (tertiary/aromatic N) is 1. The Bertz CT molecular complexity index is 436. The lowest BCUT2D eigenvalue weighted by Crippen LogP contribution is -2.03. The van der Waals surface area contributed by atoms with Crippen molar-refractivity contribution >= 4 is 11.0 Å². The van der Waals surface area contributed by atoms with Crippen LogP contribution in [0.1, 0.15) is 11.4 Å². The molecule has 0 saturated heterocycles. The minimum absolute atomic E-state index is 0.519. The Morgan fingerprint density at radius 3 is 3.14 bits per heavy atom. The summed E-state index contributed by atoms with van der Waals surface area (Å²) in [5, 5.41) is 0. The minimum Gasteiger partial charge on any atom is -0.342 e. The second-order valence-corrected chi connectivity index (χ2v) is 3.26. The molecule has 0 bridgehead atoms. The van der Waals surface area contributed by atoms with Crippen LogP contribution in [0.15, 0.2) is 18.2 Å². The van der Waals surface area contributed by atoms with E-state index >= 15 is 0 Å². The number of aromatic amines is 1. The van der Waals surface area contributed by atoms with Crippen LogP contribution in [0.3, 0.4) is 0 Å². The monoisotopic (exact) mass is 191 g/mol. The summed E-state index contributed by atoms with van der Waals surface area (Å²) in [5.41, 5.74) is 3.25. The van der Waals surface area contributed by atoms with Crippen molar-refractivity contribution in [2.45, 2.75) is 13.3 Å². The molecule has 2 aromatic rings. The van der Waals surface area contributed by atoms with Crippen LogP contribution in [0.25, 0.3) is 11.0 Å². The number of benzene rings is 1. The van der Waals surface area contributed by atoms with Gasteiger partial charge in [0.25, 0.3) is 0 Å². The molecule has 1 aromatic carbocycles. The van der Waals surface area contributed by atoms with E-state index in [1.54, 1.807) is 0 Å². The number of H-pyrrole nitrogens is 1. The van der Waals surface area contributed by atoms with Crippen LogP contribution in [-0.4, -0.2) is 16.6 Å². The summed E-state index contributed by atoms with van der Waals surface area (Å²) in [5.74, 6) is 5.93. The van der Waals surface area contributed by atoms with Gasteiger partial charge in [-0.3, -0.25) is 0 Å². The Morgan fingerprint density at radius 2 is 2.36 bits per heavy atom. The maximum Gasteiger partial charge on any atom is 0.104 e. The molecule has 3 N–H and O–H groups in total. The van der Waals surface area contributed by atoms with Crippen LogP contribution in [0.4, 0.5) is 0 Å². The summed E-state index contributed by atoms with van der Waals surface area (Å²) in [4.78, 5) is 12.2. The van der Waals surface area contributed by atoms with Crippen molar-refractivity contribution < 1.29 is 4.84 Å². The number of imidazole rings is 1. The minimum atomic E-state index is 0.519. The van der Waals surface area contributed by atoms with Gasteiger partial charge in [0.2, 0.25) is 0 Å². The van der Waals surface area contributed by atoms with E-state index in [1.165, 1.54) is 0 Å². The number of aromatic nitrogens is 2. The predicted molar refractivity (Wildman–Crippen MR) is 54.7 cm³/mol. The van der Waals surface area contributed by atoms with Crippen LogP contribution in [0, 0.1) is 6.92 Å². The number of hydrogen-bond donors (Lipinski definition) is 2. The molecule has 0 aliphatic carbocycles. The summed E-state index contributed by atoms with van der Waals surface area (Å²) < 4.78 is 0. The van der Waals surface area contributed by atoms with Crippen LogP contribution in [-0.2, 0) is 11.3 Å². The first-order valence-corrected chi connectivity index (χ1v) is 4.57. The van der Waals surface area contributed by atoms with Crippen LogP contribution < -0.4 is 5.90 Å². The van der Waals surface area contributed by atoms with E-state index in [4.69, 9.17) is 5.90 Å². The topological polar surface area (TPSA) is 63.9 Å². The highest BCUT2D eigenvalue weighted by Crippen LogP contribution is 2.16. The summed E-state index contributed by atoms with van der Waals surface area (Å²) in [6.45, 7) is 2.47. The molecule has 0 radical (unpaired) electrons. The molecule has 0 aliphatic rings. The molecule has 4 nitrogen and oxygen atoms in total. The molecule has 1 heterocycles. The third-order valence-electron chi connectivity index (χ3n) is 2.20. The molecular weight excluding hydrogens is 178 g/mol. The van der Waals surface area contributed by atoms with Gasteiger partial charge in [0, 0.05) is 0 Å². The molecule has 14 heavy (non-hydrogen) atoms. The van der Waals surface area contributed by atoms with Crippen LogP contribution in [0.2, 0.25) is 0 Å². The largest absolute Gasteiger partial charge is 0.342 e. The maximum atomic E-state index is 5.00. The molecule has 0 saturated carbocycles. The predicted octanol–water partition coefficient (Wildman–Crippen LogP) is 1.30. The van der Waals surface area contributed by atoms with Gasteiger partial charge in [0.1, 0.15) is 5.82 Å². The Labute approximate surface area is 82.0 Å². The molecular formula is C10H13N3O. The molecule has 0 atom stereocenters. The quantitative estimate of drug-likeness (QED) is 0.719. The number of rotatable bonds is 3. The standard InChI is InChI=1S/C10H13N3O/c1-7-12-9-4-2-3-8(5-6-14-11)10(9)13-7/h2-4H,5-6,11H2,1H3,(H,12,13). The summed E-state index contributed by atoms with van der Waals surface area (Å²) >= 11 is 0. The summed E-state index contributed by atoms with van der Waals surface area (Å²) in [7, 11) is 0. The Balaban J connectivity index is 2.42. The number of nitrogens with two attached hydrogens (primary N) is 1. The first kappa shape index (κ1) is 9.18. The summed E-state index contributed by atoms with van der Waals surface area (Å²) in [6, 6.07) is 6.07. The number of fused-ring (bicyclic) bond motifs is 1. The van der Waals surface area contributed by atoms with Crippen molar-refractivity contribution in [2.24, 2.45) is 5.90 Å². The first-order valence-electron chi connectivity index (χ1n) is 4.57. The Kier molecular flexibility index (Phi) is 2.47. The number of aryl methyl sites for hydroxylation is 1. The maximum absolute atomic E-state index is 5.00. The van der Waals surface area contributed by atoms with Crippen molar-refractivity contribution in [2.75, 3.05) is 6.61 Å². The van der Waals surface area contributed by atoms with E-state index in [0.29, 0.717) is 6.61 Å². The van der Waals surface area contributed by atoms with Gasteiger partial charge in [0.05, 0.1) is 17.6 Å². The smallest absolute Gasteiger partial charge is 0.104 e. The zero-order chi connectivity index (χ0) is 9.97. The van der Waals surface area contributed by atoms with Gasteiger partial charge >= 0.3 is 0 Å². The van der Waals surface area contributed by atoms with Gasteiger partial charge < -0.3 is 9.82 Å². The molecule has 0 unspecified atom stereocenters. The fourth-order valence-electron chi connectivity index (χ4n) is 1.59. The number of hydrogen-bond acceptors (Lipinski definition) is 3. The zero-order valence-corrected chi connectivity index (χ0v) is 8.08. The van der Waals surface area contributed by atoms with Gasteiger partial charge in [0.15, 0.2) is 0 Å². The van der Waals surface area contributed by atoms with Crippen molar-refractivity contribution in [3.63, 3.8) is 0 Å². The van der Waals surface area contributed by atoms with Crippen LogP contribution >= 0.6 is 0 Å². The SMILES string of the molecule is Cc1nc2c(CCON)cccc2[nH]1. The molecule has 2 rings (SSSR count). The average Bonchev–Trinajstić information content (AvgIpc) is 2.55. The van der Waals surface area contributed by atoms with E-state index < -0.39 is 0 Å². The Hall–Kier alpha value is -1.39. The normalized spacial score (nSPS) is 11.0. The fourth-order valence-corrected chi connectivity index (χ4v) is 1.59. The van der Waals surface area contributed by atoms with Crippen LogP contribution in [0.5, 0.6) is 0 Å². The fraction of sp³-hybridized carbons (Fsp3) is 0.300. The highest BCUT2D eigenvalue weighted by Gasteiger charge is 2.04. The molecule has 0 fully saturated rings. The molecule has 0 aliphatic heterocycles. The second kappa shape index (κ2) is 3.77. The van der Waals surface area contributed by atoms with Gasteiger partial charge in [-0.25, -0.2) is 10.9 Å². The van der Waals surface area contributed by atoms with E-state index in [1.807, 2.05) is 25.1 Å². The lowest BCUT2D eigenvalue weighted by molar-refractivity contribution is 0.141. The van der Waals surface area contributed by atoms with Gasteiger partial charge in [-0.2, -0.15) is 0 Å². The third kappa shape index (κ3) is 1.62. The zero-order valence-electron chi connectivity index (χ0n) is 8.08. The third-order valence-corrected chi connectivity index (χ3v) is 2.20. The Morgan fingerprint density at radius 1 is 1.50 bits per heavy atom. The van der Waals surface area contributed by atoms with Crippen molar-refractivity contribution in [1.82, 2.24) is 9.97 Å². The second-order valence-electron chi connectivity index (χ2n) is 3.26. The number of para-hydroxylation sites is 1. The lowest BCUT2D eigenvalue weighted by atomic mass is 10.1. The van der Waals surface area contributed by atoms with E-state index in [0.717, 1.165) is 28.8 Å². The van der Waals surface area contributed by atoms with Gasteiger partial charge in [-0.05, 0) is 25.0 Å². The highest BCUT2D eigenvalue weighted by atomic mass is 16.6. The lowest BCUT2D eigenvalue weighted by Gasteiger charge is -2.00. The van der Waals surface area contributed by atoms with E-state index in [-0.39, 0.29) is 0 Å². The molecule has 74 valence electrons. The molecule has 1 aromatic heterocycles. The summed E-state index contributed by atoms with van der Waals surface area (Å²) in [6.07, 6.45) is 0.790. The molecule has 4 heteroatoms. The van der Waals surface area contributed by atoms with Gasteiger partial charge in [-0.15, -0.1) is 0 Å². The molecule has 0 spiro atoms. The van der Waals surface area contributed by atoms with E-state index in [9.17, 15) is 0 Å². The number of nitrogens with one attached hydrogen (secondary N) is 1. The van der Waals surface area contributed by atoms with Gasteiger partial charge in [-0.1, -0.05) is 12.1 Å². The van der Waals surface area contributed by atoms with E-state index in [2.05, 4.69) is 14.8 Å². The molecule has 0 amide bonds. The average molecular weight is 191 g/mol.